The molecule has 1 heterocycles. The zero-order valence-corrected chi connectivity index (χ0v) is 12.1. The third-order valence-electron chi connectivity index (χ3n) is 3.29. The van der Waals surface area contributed by atoms with E-state index in [4.69, 9.17) is 5.11 Å². The van der Waals surface area contributed by atoms with Gasteiger partial charge in [0.05, 0.1) is 6.42 Å². The molecule has 1 fully saturated rings. The van der Waals surface area contributed by atoms with Crippen LogP contribution in [0.1, 0.15) is 38.5 Å². The lowest BCUT2D eigenvalue weighted by Gasteiger charge is -2.12. The first-order valence-electron chi connectivity index (χ1n) is 6.98. The molecular formula is C13H21N3O5. The fourth-order valence-electron chi connectivity index (χ4n) is 2.03. The number of carboxylic acid groups (broad SMARTS) is 1. The maximum Gasteiger partial charge on any atom is 0.315 e. The summed E-state index contributed by atoms with van der Waals surface area (Å²) in [5, 5.41) is 13.5. The molecular weight excluding hydrogens is 278 g/mol. The molecule has 0 bridgehead atoms. The van der Waals surface area contributed by atoms with E-state index in [1.165, 1.54) is 7.05 Å². The van der Waals surface area contributed by atoms with Gasteiger partial charge in [-0.25, -0.2) is 4.79 Å². The molecule has 4 amide bonds. The van der Waals surface area contributed by atoms with Crippen molar-refractivity contribution in [1.82, 2.24) is 15.5 Å². The second-order valence-electron chi connectivity index (χ2n) is 5.01. The van der Waals surface area contributed by atoms with E-state index in [1.54, 1.807) is 0 Å². The van der Waals surface area contributed by atoms with Crippen molar-refractivity contribution in [3.8, 4) is 0 Å². The van der Waals surface area contributed by atoms with Crippen LogP contribution in [0.3, 0.4) is 0 Å². The highest BCUT2D eigenvalue weighted by Crippen LogP contribution is 2.10. The average molecular weight is 299 g/mol. The van der Waals surface area contributed by atoms with Crippen molar-refractivity contribution in [1.29, 1.82) is 0 Å². The monoisotopic (exact) mass is 299 g/mol. The number of nitrogens with zero attached hydrogens (tertiary/aromatic N) is 1. The molecule has 8 nitrogen and oxygen atoms in total. The van der Waals surface area contributed by atoms with Gasteiger partial charge in [0, 0.05) is 20.0 Å². The van der Waals surface area contributed by atoms with E-state index in [-0.39, 0.29) is 18.7 Å². The highest BCUT2D eigenvalue weighted by atomic mass is 16.4. The zero-order valence-electron chi connectivity index (χ0n) is 12.1. The molecule has 0 aromatic carbocycles. The number of carbonyl (C=O) groups is 4. The predicted octanol–water partition coefficient (Wildman–Crippen LogP) is 0.0780. The second kappa shape index (κ2) is 8.23. The predicted molar refractivity (Wildman–Crippen MR) is 73.4 cm³/mol. The van der Waals surface area contributed by atoms with Crippen LogP contribution in [0.15, 0.2) is 0 Å². The Kier molecular flexibility index (Phi) is 6.64. The van der Waals surface area contributed by atoms with Crippen molar-refractivity contribution in [2.75, 3.05) is 13.6 Å². The summed E-state index contributed by atoms with van der Waals surface area (Å²) >= 11 is 0. The van der Waals surface area contributed by atoms with Crippen LogP contribution in [0.4, 0.5) is 4.79 Å². The average Bonchev–Trinajstić information content (AvgIpc) is 2.65. The lowest BCUT2D eigenvalue weighted by atomic mass is 10.1. The van der Waals surface area contributed by atoms with Gasteiger partial charge >= 0.3 is 12.0 Å². The third kappa shape index (κ3) is 5.80. The SMILES string of the molecule is CN1C(=O)CC(NC(=O)NCCCCCCC(=O)O)C1=O. The number of carbonyl (C=O) groups excluding carboxylic acids is 3. The number of carboxylic acids is 1. The Labute approximate surface area is 122 Å². The van der Waals surface area contributed by atoms with E-state index in [0.29, 0.717) is 13.0 Å². The van der Waals surface area contributed by atoms with Gasteiger partial charge in [0.2, 0.25) is 5.91 Å². The van der Waals surface area contributed by atoms with E-state index >= 15 is 0 Å². The summed E-state index contributed by atoms with van der Waals surface area (Å²) in [4.78, 5) is 45.7. The first-order valence-corrected chi connectivity index (χ1v) is 6.98. The molecule has 0 radical (unpaired) electrons. The zero-order chi connectivity index (χ0) is 15.8. The van der Waals surface area contributed by atoms with Crippen LogP contribution in [0.2, 0.25) is 0 Å². The van der Waals surface area contributed by atoms with Gasteiger partial charge in [0.25, 0.3) is 5.91 Å². The fourth-order valence-corrected chi connectivity index (χ4v) is 2.03. The van der Waals surface area contributed by atoms with Crippen LogP contribution in [0.5, 0.6) is 0 Å². The summed E-state index contributed by atoms with van der Waals surface area (Å²) in [5.74, 6) is -1.50. The number of hydrogen-bond donors (Lipinski definition) is 3. The number of imide groups is 1. The number of unbranched alkanes of at least 4 members (excludes halogenated alkanes) is 3. The van der Waals surface area contributed by atoms with Gasteiger partial charge in [-0.1, -0.05) is 12.8 Å². The Morgan fingerprint density at radius 2 is 1.90 bits per heavy atom. The van der Waals surface area contributed by atoms with Crippen molar-refractivity contribution in [3.63, 3.8) is 0 Å². The van der Waals surface area contributed by atoms with Gasteiger partial charge in [0.1, 0.15) is 6.04 Å². The quantitative estimate of drug-likeness (QED) is 0.433. The lowest BCUT2D eigenvalue weighted by molar-refractivity contribution is -0.138. The first-order chi connectivity index (χ1) is 9.91. The molecule has 1 aliphatic heterocycles. The maximum absolute atomic E-state index is 11.6. The molecule has 0 aliphatic carbocycles. The molecule has 3 N–H and O–H groups in total. The molecule has 0 aromatic rings. The topological polar surface area (TPSA) is 116 Å². The molecule has 1 unspecified atom stereocenters. The van der Waals surface area contributed by atoms with Crippen LogP contribution >= 0.6 is 0 Å². The van der Waals surface area contributed by atoms with Gasteiger partial charge in [-0.15, -0.1) is 0 Å². The van der Waals surface area contributed by atoms with Gasteiger partial charge in [-0.2, -0.15) is 0 Å². The van der Waals surface area contributed by atoms with Crippen molar-refractivity contribution in [2.24, 2.45) is 0 Å². The molecule has 1 rings (SSSR count). The minimum absolute atomic E-state index is 0.00204. The number of urea groups is 1. The normalized spacial score (nSPS) is 18.0. The Balaban J connectivity index is 2.08. The summed E-state index contributed by atoms with van der Waals surface area (Å²) in [5.41, 5.74) is 0. The van der Waals surface area contributed by atoms with Gasteiger partial charge in [0.15, 0.2) is 0 Å². The largest absolute Gasteiger partial charge is 0.481 e. The summed E-state index contributed by atoms with van der Waals surface area (Å²) in [6, 6.07) is -1.25. The highest BCUT2D eigenvalue weighted by molar-refractivity contribution is 6.06. The summed E-state index contributed by atoms with van der Waals surface area (Å²) in [7, 11) is 1.39. The summed E-state index contributed by atoms with van der Waals surface area (Å²) < 4.78 is 0. The number of hydrogen-bond acceptors (Lipinski definition) is 4. The molecule has 118 valence electrons. The highest BCUT2D eigenvalue weighted by Gasteiger charge is 2.36. The Hall–Kier alpha value is -2.12. The molecule has 1 aliphatic rings. The molecule has 0 aromatic heterocycles. The third-order valence-corrected chi connectivity index (χ3v) is 3.29. The molecule has 0 saturated carbocycles. The summed E-state index contributed by atoms with van der Waals surface area (Å²) in [6.07, 6.45) is 3.17. The fraction of sp³-hybridized carbons (Fsp3) is 0.692. The van der Waals surface area contributed by atoms with E-state index in [9.17, 15) is 19.2 Å². The maximum atomic E-state index is 11.6. The van der Waals surface area contributed by atoms with Crippen LogP contribution < -0.4 is 10.6 Å². The van der Waals surface area contributed by atoms with E-state index in [2.05, 4.69) is 10.6 Å². The summed E-state index contributed by atoms with van der Waals surface area (Å²) in [6.45, 7) is 0.448. The van der Waals surface area contributed by atoms with Crippen molar-refractivity contribution >= 4 is 23.8 Å². The lowest BCUT2D eigenvalue weighted by Crippen LogP contribution is -2.45. The number of aliphatic carboxylic acids is 1. The second-order valence-corrected chi connectivity index (χ2v) is 5.01. The Morgan fingerprint density at radius 3 is 2.48 bits per heavy atom. The van der Waals surface area contributed by atoms with E-state index < -0.39 is 23.9 Å². The number of nitrogens with one attached hydrogen (secondary N) is 2. The van der Waals surface area contributed by atoms with Gasteiger partial charge in [-0.3, -0.25) is 19.3 Å². The number of likely N-dealkylation sites (N-methyl/N-ethyl adjacent to an activating group) is 1. The first kappa shape index (κ1) is 16.9. The van der Waals surface area contributed by atoms with Crippen LogP contribution in [-0.4, -0.2) is 53.5 Å². The van der Waals surface area contributed by atoms with Crippen LogP contribution in [0, 0.1) is 0 Å². The van der Waals surface area contributed by atoms with Crippen molar-refractivity contribution in [3.05, 3.63) is 0 Å². The van der Waals surface area contributed by atoms with E-state index in [1.807, 2.05) is 0 Å². The van der Waals surface area contributed by atoms with Gasteiger partial charge in [-0.05, 0) is 12.8 Å². The van der Waals surface area contributed by atoms with Crippen LogP contribution in [0.25, 0.3) is 0 Å². The standard InChI is InChI=1S/C13H21N3O5/c1-16-10(17)8-9(12(16)20)15-13(21)14-7-5-3-2-4-6-11(18)19/h9H,2-8H2,1H3,(H,18,19)(H2,14,15,21). The van der Waals surface area contributed by atoms with Gasteiger partial charge < -0.3 is 15.7 Å². The number of likely N-dealkylation sites (tertiary alicyclic amines) is 1. The Morgan fingerprint density at radius 1 is 1.24 bits per heavy atom. The molecule has 1 saturated heterocycles. The molecule has 1 atom stereocenters. The molecule has 0 spiro atoms. The number of rotatable bonds is 8. The Bertz CT molecular complexity index is 424. The van der Waals surface area contributed by atoms with Crippen LogP contribution in [-0.2, 0) is 14.4 Å². The molecule has 21 heavy (non-hydrogen) atoms. The smallest absolute Gasteiger partial charge is 0.315 e. The van der Waals surface area contributed by atoms with E-state index in [0.717, 1.165) is 24.2 Å². The number of amides is 4. The minimum atomic E-state index is -0.798. The minimum Gasteiger partial charge on any atom is -0.481 e. The van der Waals surface area contributed by atoms with Crippen molar-refractivity contribution in [2.45, 2.75) is 44.6 Å². The molecule has 8 heteroatoms. The van der Waals surface area contributed by atoms with Crippen molar-refractivity contribution < 1.29 is 24.3 Å².